The normalized spacial score (nSPS) is 11.5. The molecule has 1 aromatic heterocycles. The molecule has 0 saturated carbocycles. The number of rotatable bonds is 3. The van der Waals surface area contributed by atoms with Crippen LogP contribution in [0.25, 0.3) is 0 Å². The van der Waals surface area contributed by atoms with Crippen molar-refractivity contribution in [3.05, 3.63) is 51.5 Å². The number of hydrogen-bond acceptors (Lipinski definition) is 3. The van der Waals surface area contributed by atoms with E-state index in [4.69, 9.17) is 0 Å². The molecule has 1 aromatic carbocycles. The van der Waals surface area contributed by atoms with Gasteiger partial charge in [0.15, 0.2) is 6.29 Å². The number of aldehydes is 1. The highest BCUT2D eigenvalue weighted by Crippen LogP contribution is 2.33. The minimum Gasteiger partial charge on any atom is -0.296 e. The molecule has 0 N–H and O–H groups in total. The maximum absolute atomic E-state index is 12.7. The van der Waals surface area contributed by atoms with Gasteiger partial charge in [0.1, 0.15) is 5.69 Å². The first-order valence-corrected chi connectivity index (χ1v) is 5.93. The highest BCUT2D eigenvalue weighted by atomic mass is 32.1. The van der Waals surface area contributed by atoms with Crippen molar-refractivity contribution in [2.45, 2.75) is 12.6 Å². The number of carbonyl (C=O) groups excluding carboxylic acids is 1. The molecule has 2 aromatic rings. The quantitative estimate of drug-likeness (QED) is 0.799. The highest BCUT2D eigenvalue weighted by Gasteiger charge is 2.32. The second kappa shape index (κ2) is 4.89. The van der Waals surface area contributed by atoms with Crippen molar-refractivity contribution >= 4 is 17.6 Å². The van der Waals surface area contributed by atoms with E-state index >= 15 is 0 Å². The highest BCUT2D eigenvalue weighted by molar-refractivity contribution is 7.09. The molecular formula is C12H8F3NOS. The molecule has 18 heavy (non-hydrogen) atoms. The second-order valence-corrected chi connectivity index (χ2v) is 4.56. The number of halogens is 3. The van der Waals surface area contributed by atoms with E-state index in [-0.39, 0.29) is 17.7 Å². The van der Waals surface area contributed by atoms with Crippen molar-refractivity contribution in [2.24, 2.45) is 0 Å². The summed E-state index contributed by atoms with van der Waals surface area (Å²) in [4.78, 5) is 14.4. The predicted molar refractivity (Wildman–Crippen MR) is 61.8 cm³/mol. The smallest absolute Gasteiger partial charge is 0.296 e. The van der Waals surface area contributed by atoms with Gasteiger partial charge in [0.25, 0.3) is 0 Å². The average Bonchev–Trinajstić information content (AvgIpc) is 2.76. The lowest BCUT2D eigenvalue weighted by atomic mass is 10.0. The Morgan fingerprint density at radius 3 is 2.61 bits per heavy atom. The molecule has 1 heterocycles. The minimum atomic E-state index is -4.37. The van der Waals surface area contributed by atoms with E-state index in [2.05, 4.69) is 4.98 Å². The summed E-state index contributed by atoms with van der Waals surface area (Å²) < 4.78 is 38.2. The molecule has 94 valence electrons. The molecule has 0 fully saturated rings. The third-order valence-corrected chi connectivity index (χ3v) is 3.22. The van der Waals surface area contributed by atoms with Crippen molar-refractivity contribution in [3.63, 3.8) is 0 Å². The van der Waals surface area contributed by atoms with Crippen molar-refractivity contribution in [3.8, 4) is 0 Å². The number of thiazole rings is 1. The molecule has 0 spiro atoms. The third-order valence-electron chi connectivity index (χ3n) is 2.35. The molecule has 0 unspecified atom stereocenters. The van der Waals surface area contributed by atoms with E-state index in [0.717, 1.165) is 6.07 Å². The topological polar surface area (TPSA) is 30.0 Å². The molecule has 2 nitrogen and oxygen atoms in total. The zero-order valence-corrected chi connectivity index (χ0v) is 9.89. The summed E-state index contributed by atoms with van der Waals surface area (Å²) >= 11 is 1.18. The molecular weight excluding hydrogens is 263 g/mol. The van der Waals surface area contributed by atoms with E-state index in [1.54, 1.807) is 6.07 Å². The van der Waals surface area contributed by atoms with Gasteiger partial charge in [-0.15, -0.1) is 11.3 Å². The van der Waals surface area contributed by atoms with Crippen LogP contribution in [0.2, 0.25) is 0 Å². The molecule has 6 heteroatoms. The minimum absolute atomic E-state index is 0.0776. The van der Waals surface area contributed by atoms with Crippen LogP contribution < -0.4 is 0 Å². The second-order valence-electron chi connectivity index (χ2n) is 3.62. The standard InChI is InChI=1S/C12H8F3NOS/c13-12(14,15)10-4-2-1-3-8(10)5-11-16-9(6-17)7-18-11/h1-4,6-7H,5H2. The van der Waals surface area contributed by atoms with Gasteiger partial charge in [0.2, 0.25) is 0 Å². The van der Waals surface area contributed by atoms with Crippen molar-refractivity contribution in [1.82, 2.24) is 4.98 Å². The molecule has 0 aliphatic heterocycles. The zero-order valence-electron chi connectivity index (χ0n) is 9.07. The maximum atomic E-state index is 12.7. The number of carbonyl (C=O) groups is 1. The van der Waals surface area contributed by atoms with Gasteiger partial charge in [0, 0.05) is 11.8 Å². The molecule has 0 aliphatic rings. The lowest BCUT2D eigenvalue weighted by Gasteiger charge is -2.11. The summed E-state index contributed by atoms with van der Waals surface area (Å²) in [6.07, 6.45) is -3.72. The summed E-state index contributed by atoms with van der Waals surface area (Å²) in [5.74, 6) is 0. The van der Waals surface area contributed by atoms with Crippen molar-refractivity contribution < 1.29 is 18.0 Å². The fraction of sp³-hybridized carbons (Fsp3) is 0.167. The Hall–Kier alpha value is -1.69. The lowest BCUT2D eigenvalue weighted by Crippen LogP contribution is -2.09. The first-order valence-electron chi connectivity index (χ1n) is 5.05. The largest absolute Gasteiger partial charge is 0.416 e. The average molecular weight is 271 g/mol. The van der Waals surface area contributed by atoms with Crippen LogP contribution in [0.5, 0.6) is 0 Å². The number of benzene rings is 1. The van der Waals surface area contributed by atoms with Crippen LogP contribution in [0.3, 0.4) is 0 Å². The summed E-state index contributed by atoms with van der Waals surface area (Å²) in [6.45, 7) is 0. The van der Waals surface area contributed by atoms with Crippen LogP contribution in [-0.2, 0) is 12.6 Å². The van der Waals surface area contributed by atoms with E-state index in [1.165, 1.54) is 28.8 Å². The molecule has 0 saturated heterocycles. The van der Waals surface area contributed by atoms with Crippen LogP contribution >= 0.6 is 11.3 Å². The van der Waals surface area contributed by atoms with E-state index < -0.39 is 11.7 Å². The van der Waals surface area contributed by atoms with E-state index in [9.17, 15) is 18.0 Å². The van der Waals surface area contributed by atoms with E-state index in [0.29, 0.717) is 11.3 Å². The van der Waals surface area contributed by atoms with Gasteiger partial charge in [-0.2, -0.15) is 13.2 Å². The Morgan fingerprint density at radius 2 is 2.00 bits per heavy atom. The summed E-state index contributed by atoms with van der Waals surface area (Å²) in [5.41, 5.74) is -0.246. The molecule has 0 radical (unpaired) electrons. The van der Waals surface area contributed by atoms with Gasteiger partial charge >= 0.3 is 6.18 Å². The van der Waals surface area contributed by atoms with Crippen molar-refractivity contribution in [1.29, 1.82) is 0 Å². The molecule has 0 atom stereocenters. The zero-order chi connectivity index (χ0) is 13.2. The summed E-state index contributed by atoms with van der Waals surface area (Å²) in [6, 6.07) is 5.37. The van der Waals surface area contributed by atoms with Crippen LogP contribution in [0.1, 0.15) is 26.6 Å². The predicted octanol–water partition coefficient (Wildman–Crippen LogP) is 3.57. The van der Waals surface area contributed by atoms with Crippen molar-refractivity contribution in [2.75, 3.05) is 0 Å². The number of hydrogen-bond donors (Lipinski definition) is 0. The first-order chi connectivity index (χ1) is 8.50. The molecule has 0 bridgehead atoms. The van der Waals surface area contributed by atoms with Gasteiger partial charge in [0.05, 0.1) is 10.6 Å². The fourth-order valence-electron chi connectivity index (χ4n) is 1.57. The van der Waals surface area contributed by atoms with Gasteiger partial charge < -0.3 is 0 Å². The first kappa shape index (κ1) is 12.8. The number of aromatic nitrogens is 1. The molecule has 0 amide bonds. The monoisotopic (exact) mass is 271 g/mol. The Bertz CT molecular complexity index is 562. The van der Waals surface area contributed by atoms with Crippen LogP contribution in [0.15, 0.2) is 29.6 Å². The Morgan fingerprint density at radius 1 is 1.28 bits per heavy atom. The SMILES string of the molecule is O=Cc1csc(Cc2ccccc2C(F)(F)F)n1. The fourth-order valence-corrected chi connectivity index (χ4v) is 2.34. The Balaban J connectivity index is 2.31. The van der Waals surface area contributed by atoms with Gasteiger partial charge in [-0.25, -0.2) is 4.98 Å². The molecule has 2 rings (SSSR count). The maximum Gasteiger partial charge on any atom is 0.416 e. The van der Waals surface area contributed by atoms with Gasteiger partial charge in [-0.3, -0.25) is 4.79 Å². The van der Waals surface area contributed by atoms with Gasteiger partial charge in [-0.1, -0.05) is 18.2 Å². The van der Waals surface area contributed by atoms with Crippen LogP contribution in [-0.4, -0.2) is 11.3 Å². The lowest BCUT2D eigenvalue weighted by molar-refractivity contribution is -0.138. The number of alkyl halides is 3. The Kier molecular flexibility index (Phi) is 3.47. The Labute approximate surface area is 105 Å². The van der Waals surface area contributed by atoms with E-state index in [1.807, 2.05) is 0 Å². The third kappa shape index (κ3) is 2.76. The number of nitrogens with zero attached hydrogens (tertiary/aromatic N) is 1. The van der Waals surface area contributed by atoms with Crippen LogP contribution in [0.4, 0.5) is 13.2 Å². The van der Waals surface area contributed by atoms with Gasteiger partial charge in [-0.05, 0) is 11.6 Å². The summed E-state index contributed by atoms with van der Waals surface area (Å²) in [5, 5.41) is 2.02. The summed E-state index contributed by atoms with van der Waals surface area (Å²) in [7, 11) is 0. The van der Waals surface area contributed by atoms with Crippen LogP contribution in [0, 0.1) is 0 Å². The molecule has 0 aliphatic carbocycles.